The molecule has 1 aliphatic heterocycles. The van der Waals surface area contributed by atoms with Crippen molar-refractivity contribution in [3.63, 3.8) is 0 Å². The van der Waals surface area contributed by atoms with Crippen LogP contribution >= 0.6 is 7.82 Å². The first-order valence-electron chi connectivity index (χ1n) is 4.82. The minimum Gasteiger partial charge on any atom is -0.404 e. The largest absolute Gasteiger partial charge is 0.530 e. The number of rotatable bonds is 2. The predicted molar refractivity (Wildman–Crippen MR) is 55.7 cm³/mol. The summed E-state index contributed by atoms with van der Waals surface area (Å²) in [4.78, 5) is 0. The van der Waals surface area contributed by atoms with Crippen molar-refractivity contribution in [2.45, 2.75) is 6.92 Å². The van der Waals surface area contributed by atoms with Crippen LogP contribution in [0.25, 0.3) is 0 Å². The SMILES string of the molecule is CC1COP(=O)(Oc2ccccc2)OC1. The van der Waals surface area contributed by atoms with E-state index in [1.807, 2.05) is 13.0 Å². The average molecular weight is 228 g/mol. The summed E-state index contributed by atoms with van der Waals surface area (Å²) in [5, 5.41) is 0. The molecular weight excluding hydrogens is 215 g/mol. The van der Waals surface area contributed by atoms with Crippen LogP contribution in [0.15, 0.2) is 30.3 Å². The topological polar surface area (TPSA) is 44.8 Å². The molecule has 1 fully saturated rings. The van der Waals surface area contributed by atoms with Crippen molar-refractivity contribution in [2.24, 2.45) is 5.92 Å². The van der Waals surface area contributed by atoms with Crippen molar-refractivity contribution >= 4 is 7.82 Å². The lowest BCUT2D eigenvalue weighted by Gasteiger charge is -2.25. The Kier molecular flexibility index (Phi) is 3.10. The summed E-state index contributed by atoms with van der Waals surface area (Å²) in [5.41, 5.74) is 0. The summed E-state index contributed by atoms with van der Waals surface area (Å²) in [5.74, 6) is 0.752. The summed E-state index contributed by atoms with van der Waals surface area (Å²) in [6, 6.07) is 8.88. The molecule has 0 spiro atoms. The van der Waals surface area contributed by atoms with Gasteiger partial charge in [0.15, 0.2) is 0 Å². The number of para-hydroxylation sites is 1. The van der Waals surface area contributed by atoms with E-state index in [2.05, 4.69) is 0 Å². The molecule has 0 aromatic heterocycles. The molecule has 5 heteroatoms. The number of hydrogen-bond acceptors (Lipinski definition) is 4. The fourth-order valence-electron chi connectivity index (χ4n) is 1.19. The highest BCUT2D eigenvalue weighted by Crippen LogP contribution is 2.52. The van der Waals surface area contributed by atoms with Crippen molar-refractivity contribution in [3.05, 3.63) is 30.3 Å². The Balaban J connectivity index is 2.03. The number of hydrogen-bond donors (Lipinski definition) is 0. The van der Waals surface area contributed by atoms with Crippen LogP contribution in [0, 0.1) is 5.92 Å². The van der Waals surface area contributed by atoms with Gasteiger partial charge in [0.25, 0.3) is 0 Å². The second-order valence-electron chi connectivity index (χ2n) is 3.55. The van der Waals surface area contributed by atoms with Gasteiger partial charge in [0.2, 0.25) is 0 Å². The lowest BCUT2D eigenvalue weighted by atomic mass is 10.2. The first-order chi connectivity index (χ1) is 7.18. The normalized spacial score (nSPS) is 31.1. The van der Waals surface area contributed by atoms with Gasteiger partial charge in [-0.15, -0.1) is 0 Å². The Morgan fingerprint density at radius 2 is 1.87 bits per heavy atom. The molecule has 15 heavy (non-hydrogen) atoms. The molecule has 0 bridgehead atoms. The van der Waals surface area contributed by atoms with Crippen LogP contribution in [-0.2, 0) is 13.6 Å². The van der Waals surface area contributed by atoms with Gasteiger partial charge >= 0.3 is 7.82 Å². The van der Waals surface area contributed by atoms with Crippen LogP contribution in [0.5, 0.6) is 5.75 Å². The molecular formula is C10H13O4P. The second kappa shape index (κ2) is 4.35. The van der Waals surface area contributed by atoms with Crippen LogP contribution in [0.2, 0.25) is 0 Å². The zero-order chi connectivity index (χ0) is 10.7. The molecule has 1 saturated heterocycles. The van der Waals surface area contributed by atoms with Crippen LogP contribution in [0.3, 0.4) is 0 Å². The number of benzene rings is 1. The average Bonchev–Trinajstić information content (AvgIpc) is 2.24. The van der Waals surface area contributed by atoms with E-state index in [9.17, 15) is 4.57 Å². The van der Waals surface area contributed by atoms with Crippen LogP contribution in [0.1, 0.15) is 6.92 Å². The molecule has 1 aromatic carbocycles. The first kappa shape index (κ1) is 10.7. The Labute approximate surface area is 88.8 Å². The Bertz CT molecular complexity index is 353. The molecule has 0 amide bonds. The van der Waals surface area contributed by atoms with E-state index < -0.39 is 7.82 Å². The number of phosphoric acid groups is 1. The highest BCUT2D eigenvalue weighted by molar-refractivity contribution is 7.49. The molecule has 0 radical (unpaired) electrons. The van der Waals surface area contributed by atoms with Crippen molar-refractivity contribution in [1.29, 1.82) is 0 Å². The van der Waals surface area contributed by atoms with E-state index in [1.165, 1.54) is 0 Å². The van der Waals surface area contributed by atoms with Crippen LogP contribution in [-0.4, -0.2) is 13.2 Å². The standard InChI is InChI=1S/C10H13O4P/c1-9-7-12-15(11,13-8-9)14-10-5-3-2-4-6-10/h2-6,9H,7-8H2,1H3. The zero-order valence-corrected chi connectivity index (χ0v) is 9.35. The lowest BCUT2D eigenvalue weighted by Crippen LogP contribution is -2.20. The van der Waals surface area contributed by atoms with Gasteiger partial charge in [-0.3, -0.25) is 9.05 Å². The molecule has 2 rings (SSSR count). The second-order valence-corrected chi connectivity index (χ2v) is 5.14. The highest BCUT2D eigenvalue weighted by atomic mass is 31.2. The van der Waals surface area contributed by atoms with Crippen molar-refractivity contribution in [2.75, 3.05) is 13.2 Å². The van der Waals surface area contributed by atoms with Gasteiger partial charge in [0.1, 0.15) is 5.75 Å². The molecule has 0 unspecified atom stereocenters. The molecule has 1 aliphatic rings. The molecule has 82 valence electrons. The first-order valence-corrected chi connectivity index (χ1v) is 6.28. The van der Waals surface area contributed by atoms with Gasteiger partial charge in [-0.25, -0.2) is 4.57 Å². The summed E-state index contributed by atoms with van der Waals surface area (Å²) < 4.78 is 27.3. The van der Waals surface area contributed by atoms with E-state index in [0.29, 0.717) is 19.0 Å². The van der Waals surface area contributed by atoms with Crippen molar-refractivity contribution in [1.82, 2.24) is 0 Å². The Hall–Kier alpha value is -0.830. The monoisotopic (exact) mass is 228 g/mol. The van der Waals surface area contributed by atoms with E-state index in [0.717, 1.165) is 0 Å². The molecule has 4 nitrogen and oxygen atoms in total. The zero-order valence-electron chi connectivity index (χ0n) is 8.46. The summed E-state index contributed by atoms with van der Waals surface area (Å²) in [7, 11) is -3.37. The molecule has 0 saturated carbocycles. The fraction of sp³-hybridized carbons (Fsp3) is 0.400. The minimum atomic E-state index is -3.37. The maximum absolute atomic E-state index is 11.9. The summed E-state index contributed by atoms with van der Waals surface area (Å²) in [6.45, 7) is 2.78. The van der Waals surface area contributed by atoms with Crippen molar-refractivity contribution in [3.8, 4) is 5.75 Å². The summed E-state index contributed by atoms with van der Waals surface area (Å²) >= 11 is 0. The van der Waals surface area contributed by atoms with Gasteiger partial charge in [-0.1, -0.05) is 25.1 Å². The van der Waals surface area contributed by atoms with Gasteiger partial charge < -0.3 is 4.52 Å². The lowest BCUT2D eigenvalue weighted by molar-refractivity contribution is 0.0695. The molecule has 1 heterocycles. The minimum absolute atomic E-state index is 0.256. The van der Waals surface area contributed by atoms with Gasteiger partial charge in [-0.2, -0.15) is 0 Å². The van der Waals surface area contributed by atoms with E-state index >= 15 is 0 Å². The van der Waals surface area contributed by atoms with Crippen LogP contribution < -0.4 is 4.52 Å². The predicted octanol–water partition coefficient (Wildman–Crippen LogP) is 2.86. The number of phosphoric ester groups is 1. The maximum Gasteiger partial charge on any atom is 0.530 e. The van der Waals surface area contributed by atoms with E-state index in [1.54, 1.807) is 24.3 Å². The molecule has 0 N–H and O–H groups in total. The third-order valence-corrected chi connectivity index (χ3v) is 3.36. The smallest absolute Gasteiger partial charge is 0.404 e. The third-order valence-electron chi connectivity index (χ3n) is 1.99. The highest BCUT2D eigenvalue weighted by Gasteiger charge is 2.34. The quantitative estimate of drug-likeness (QED) is 0.730. The van der Waals surface area contributed by atoms with Gasteiger partial charge in [0, 0.05) is 5.92 Å². The molecule has 0 aliphatic carbocycles. The summed E-state index contributed by atoms with van der Waals surface area (Å²) in [6.07, 6.45) is 0. The Morgan fingerprint density at radius 3 is 2.47 bits per heavy atom. The fourth-order valence-corrected chi connectivity index (χ4v) is 2.62. The maximum atomic E-state index is 11.9. The molecule has 1 aromatic rings. The van der Waals surface area contributed by atoms with Gasteiger partial charge in [0.05, 0.1) is 13.2 Å². The van der Waals surface area contributed by atoms with Crippen molar-refractivity contribution < 1.29 is 18.1 Å². The Morgan fingerprint density at radius 1 is 1.27 bits per heavy atom. The third kappa shape index (κ3) is 2.81. The molecule has 0 atom stereocenters. The van der Waals surface area contributed by atoms with E-state index in [-0.39, 0.29) is 5.92 Å². The van der Waals surface area contributed by atoms with Crippen LogP contribution in [0.4, 0.5) is 0 Å². The van der Waals surface area contributed by atoms with Gasteiger partial charge in [-0.05, 0) is 12.1 Å². The van der Waals surface area contributed by atoms with E-state index in [4.69, 9.17) is 13.6 Å².